The van der Waals surface area contributed by atoms with Gasteiger partial charge in [-0.3, -0.25) is 4.79 Å². The normalized spacial score (nSPS) is 11.3. The third-order valence-electron chi connectivity index (χ3n) is 6.02. The van der Waals surface area contributed by atoms with Crippen molar-refractivity contribution in [2.24, 2.45) is 0 Å². The molecule has 2 heterocycles. The second-order valence-corrected chi connectivity index (χ2v) is 8.89. The number of para-hydroxylation sites is 2. The van der Waals surface area contributed by atoms with E-state index in [9.17, 15) is 9.90 Å². The number of ketones is 1. The van der Waals surface area contributed by atoms with Gasteiger partial charge in [-0.1, -0.05) is 35.9 Å². The molecule has 0 bridgehead atoms. The van der Waals surface area contributed by atoms with Gasteiger partial charge in [-0.2, -0.15) is 0 Å². The van der Waals surface area contributed by atoms with Crippen molar-refractivity contribution in [1.29, 1.82) is 0 Å². The first kappa shape index (κ1) is 21.2. The summed E-state index contributed by atoms with van der Waals surface area (Å²) in [5, 5.41) is 11.9. The standard InChI is InChI=1S/C29H19ClN2O3/c30-21-9-7-19(8-10-21)28(34)27-16-20-14-17(6-12-26(20)35-27)13-18-5-11-25(33)22(15-18)29-31-23-3-1-2-4-24(23)32-29/h1-12,14-16,33H,13H2,(H,31,32). The summed E-state index contributed by atoms with van der Waals surface area (Å²) in [6.07, 6.45) is 0.648. The predicted octanol–water partition coefficient (Wildman–Crippen LogP) is 7.16. The fourth-order valence-corrected chi connectivity index (χ4v) is 4.38. The molecule has 0 fully saturated rings. The zero-order valence-corrected chi connectivity index (χ0v) is 19.2. The lowest BCUT2D eigenvalue weighted by Crippen LogP contribution is -1.98. The number of halogens is 1. The molecule has 0 amide bonds. The molecule has 0 atom stereocenters. The van der Waals surface area contributed by atoms with Gasteiger partial charge in [0.25, 0.3) is 0 Å². The molecular weight excluding hydrogens is 460 g/mol. The molecule has 5 nitrogen and oxygen atoms in total. The summed E-state index contributed by atoms with van der Waals surface area (Å²) in [4.78, 5) is 20.7. The van der Waals surface area contributed by atoms with Crippen LogP contribution in [0.2, 0.25) is 5.02 Å². The van der Waals surface area contributed by atoms with Crippen LogP contribution in [0, 0.1) is 0 Å². The van der Waals surface area contributed by atoms with E-state index in [0.29, 0.717) is 34.0 Å². The van der Waals surface area contributed by atoms with E-state index in [1.807, 2.05) is 54.6 Å². The van der Waals surface area contributed by atoms with Gasteiger partial charge < -0.3 is 14.5 Å². The Kier molecular flexibility index (Phi) is 5.12. The van der Waals surface area contributed by atoms with Crippen molar-refractivity contribution in [3.05, 3.63) is 118 Å². The second kappa shape index (κ2) is 8.46. The molecule has 0 saturated heterocycles. The number of aromatic hydroxyl groups is 1. The van der Waals surface area contributed by atoms with Crippen LogP contribution in [-0.4, -0.2) is 20.9 Å². The van der Waals surface area contributed by atoms with Crippen molar-refractivity contribution in [3.8, 4) is 17.1 Å². The van der Waals surface area contributed by atoms with Crippen LogP contribution in [0.4, 0.5) is 0 Å². The Balaban J connectivity index is 1.29. The van der Waals surface area contributed by atoms with Gasteiger partial charge in [0.05, 0.1) is 16.6 Å². The number of hydrogen-bond acceptors (Lipinski definition) is 4. The first-order valence-electron chi connectivity index (χ1n) is 11.1. The number of rotatable bonds is 5. The summed E-state index contributed by atoms with van der Waals surface area (Å²) in [7, 11) is 0. The van der Waals surface area contributed by atoms with Crippen LogP contribution in [0.15, 0.2) is 95.4 Å². The molecule has 0 unspecified atom stereocenters. The lowest BCUT2D eigenvalue weighted by molar-refractivity contribution is 0.101. The molecule has 6 rings (SSSR count). The molecule has 0 aliphatic rings. The molecule has 170 valence electrons. The van der Waals surface area contributed by atoms with Crippen LogP contribution in [0.3, 0.4) is 0 Å². The summed E-state index contributed by atoms with van der Waals surface area (Å²) >= 11 is 5.93. The average Bonchev–Trinajstić information content (AvgIpc) is 3.49. The van der Waals surface area contributed by atoms with Crippen molar-refractivity contribution < 1.29 is 14.3 Å². The maximum absolute atomic E-state index is 12.8. The molecule has 35 heavy (non-hydrogen) atoms. The summed E-state index contributed by atoms with van der Waals surface area (Å²) < 4.78 is 5.81. The van der Waals surface area contributed by atoms with E-state index in [1.54, 1.807) is 36.4 Å². The molecule has 6 aromatic rings. The zero-order valence-electron chi connectivity index (χ0n) is 18.5. The molecule has 6 heteroatoms. The quantitative estimate of drug-likeness (QED) is 0.258. The van der Waals surface area contributed by atoms with E-state index in [0.717, 1.165) is 27.5 Å². The minimum atomic E-state index is -0.187. The average molecular weight is 479 g/mol. The number of carbonyl (C=O) groups excluding carboxylic acids is 1. The van der Waals surface area contributed by atoms with Crippen LogP contribution < -0.4 is 0 Å². The summed E-state index contributed by atoms with van der Waals surface area (Å²) in [5.41, 5.74) is 5.68. The number of imidazole rings is 1. The third kappa shape index (κ3) is 4.07. The van der Waals surface area contributed by atoms with Gasteiger partial charge in [-0.15, -0.1) is 0 Å². The summed E-state index contributed by atoms with van der Waals surface area (Å²) in [6.45, 7) is 0. The van der Waals surface area contributed by atoms with Gasteiger partial charge in [0.15, 0.2) is 5.76 Å². The Hall–Kier alpha value is -4.35. The number of phenolic OH excluding ortho intramolecular Hbond substituents is 1. The van der Waals surface area contributed by atoms with E-state index >= 15 is 0 Å². The highest BCUT2D eigenvalue weighted by Gasteiger charge is 2.16. The number of hydrogen-bond donors (Lipinski definition) is 2. The number of nitrogens with zero attached hydrogens (tertiary/aromatic N) is 1. The van der Waals surface area contributed by atoms with Crippen molar-refractivity contribution in [3.63, 3.8) is 0 Å². The van der Waals surface area contributed by atoms with Gasteiger partial charge >= 0.3 is 0 Å². The molecule has 2 aromatic heterocycles. The van der Waals surface area contributed by atoms with E-state index in [1.165, 1.54) is 0 Å². The lowest BCUT2D eigenvalue weighted by Gasteiger charge is -2.07. The third-order valence-corrected chi connectivity index (χ3v) is 6.28. The highest BCUT2D eigenvalue weighted by molar-refractivity contribution is 6.30. The number of phenols is 1. The van der Waals surface area contributed by atoms with Crippen LogP contribution in [0.1, 0.15) is 27.2 Å². The lowest BCUT2D eigenvalue weighted by atomic mass is 10.0. The minimum absolute atomic E-state index is 0.170. The SMILES string of the molecule is O=C(c1ccc(Cl)cc1)c1cc2cc(Cc3ccc(O)c(-c4nc5ccccc5[nH]4)c3)ccc2o1. The van der Waals surface area contributed by atoms with E-state index in [-0.39, 0.29) is 17.3 Å². The van der Waals surface area contributed by atoms with Crippen molar-refractivity contribution in [2.75, 3.05) is 0 Å². The number of aromatic amines is 1. The van der Waals surface area contributed by atoms with Crippen LogP contribution >= 0.6 is 11.6 Å². The van der Waals surface area contributed by atoms with Crippen LogP contribution in [0.25, 0.3) is 33.4 Å². The van der Waals surface area contributed by atoms with Gasteiger partial charge in [0, 0.05) is 16.0 Å². The topological polar surface area (TPSA) is 79.1 Å². The Bertz CT molecular complexity index is 1680. The highest BCUT2D eigenvalue weighted by Crippen LogP contribution is 2.31. The highest BCUT2D eigenvalue weighted by atomic mass is 35.5. The fraction of sp³-hybridized carbons (Fsp3) is 0.0345. The molecule has 0 aliphatic carbocycles. The van der Waals surface area contributed by atoms with E-state index in [4.69, 9.17) is 16.0 Å². The largest absolute Gasteiger partial charge is 0.507 e. The van der Waals surface area contributed by atoms with E-state index < -0.39 is 0 Å². The molecule has 0 radical (unpaired) electrons. The molecule has 2 N–H and O–H groups in total. The predicted molar refractivity (Wildman–Crippen MR) is 137 cm³/mol. The Morgan fingerprint density at radius 1 is 0.914 bits per heavy atom. The Morgan fingerprint density at radius 2 is 1.69 bits per heavy atom. The first-order valence-corrected chi connectivity index (χ1v) is 11.5. The fourth-order valence-electron chi connectivity index (χ4n) is 4.26. The first-order chi connectivity index (χ1) is 17.0. The van der Waals surface area contributed by atoms with Crippen LogP contribution in [-0.2, 0) is 6.42 Å². The number of H-pyrrole nitrogens is 1. The number of fused-ring (bicyclic) bond motifs is 2. The molecular formula is C29H19ClN2O3. The van der Waals surface area contributed by atoms with Gasteiger partial charge in [0.1, 0.15) is 17.2 Å². The summed E-state index contributed by atoms with van der Waals surface area (Å²) in [5.74, 6) is 0.898. The van der Waals surface area contributed by atoms with Gasteiger partial charge in [0.2, 0.25) is 5.78 Å². The number of aromatic nitrogens is 2. The van der Waals surface area contributed by atoms with Gasteiger partial charge in [-0.25, -0.2) is 4.98 Å². The second-order valence-electron chi connectivity index (χ2n) is 8.45. The van der Waals surface area contributed by atoms with Crippen molar-refractivity contribution >= 4 is 39.4 Å². The number of nitrogens with one attached hydrogen (secondary N) is 1. The molecule has 0 aliphatic heterocycles. The molecule has 4 aromatic carbocycles. The van der Waals surface area contributed by atoms with Gasteiger partial charge in [-0.05, 0) is 84.3 Å². The van der Waals surface area contributed by atoms with E-state index in [2.05, 4.69) is 9.97 Å². The van der Waals surface area contributed by atoms with Crippen LogP contribution in [0.5, 0.6) is 5.75 Å². The summed E-state index contributed by atoms with van der Waals surface area (Å²) in [6, 6.07) is 27.7. The number of carbonyl (C=O) groups is 1. The molecule has 0 saturated carbocycles. The molecule has 0 spiro atoms. The van der Waals surface area contributed by atoms with Crippen molar-refractivity contribution in [1.82, 2.24) is 9.97 Å². The maximum atomic E-state index is 12.8. The smallest absolute Gasteiger partial charge is 0.228 e. The minimum Gasteiger partial charge on any atom is -0.507 e. The monoisotopic (exact) mass is 478 g/mol. The zero-order chi connectivity index (χ0) is 23.9. The number of furan rings is 1. The maximum Gasteiger partial charge on any atom is 0.228 e. The van der Waals surface area contributed by atoms with Crippen molar-refractivity contribution in [2.45, 2.75) is 6.42 Å². The Morgan fingerprint density at radius 3 is 2.51 bits per heavy atom. The number of benzene rings is 4. The Labute approximate surface area is 205 Å².